The maximum atomic E-state index is 14.1. The number of halogens is 4. The summed E-state index contributed by atoms with van der Waals surface area (Å²) < 4.78 is 73.1. The highest BCUT2D eigenvalue weighted by Gasteiger charge is 2.37. The number of hydrogen-bond donors (Lipinski definition) is 0. The summed E-state index contributed by atoms with van der Waals surface area (Å²) in [5.41, 5.74) is -0.957. The third-order valence-electron chi connectivity index (χ3n) is 3.01. The van der Waals surface area contributed by atoms with Gasteiger partial charge in [0.25, 0.3) is 0 Å². The summed E-state index contributed by atoms with van der Waals surface area (Å²) in [6.45, 7) is 4.74. The van der Waals surface area contributed by atoms with Gasteiger partial charge in [-0.3, -0.25) is 4.90 Å². The fraction of sp³-hybridized carbons (Fsp3) is 0.286. The van der Waals surface area contributed by atoms with Crippen LogP contribution in [0.2, 0.25) is 0 Å². The topological polar surface area (TPSA) is 76.6 Å². The third-order valence-corrected chi connectivity index (χ3v) is 5.52. The van der Waals surface area contributed by atoms with Crippen molar-refractivity contribution < 1.29 is 30.6 Å². The highest BCUT2D eigenvalue weighted by Crippen LogP contribution is 2.31. The van der Waals surface area contributed by atoms with Crippen molar-refractivity contribution in [1.29, 1.82) is 0 Å². The van der Waals surface area contributed by atoms with Gasteiger partial charge in [0, 0.05) is 17.0 Å². The molecule has 0 unspecified atom stereocenters. The van der Waals surface area contributed by atoms with Gasteiger partial charge in [-0.2, -0.15) is 12.8 Å². The summed E-state index contributed by atoms with van der Waals surface area (Å²) in [5, 5.41) is 1.55. The predicted octanol–water partition coefficient (Wildman–Crippen LogP) is 4.45. The van der Waals surface area contributed by atoms with Gasteiger partial charge in [-0.1, -0.05) is 0 Å². The molecule has 1 aromatic carbocycles. The second-order valence-corrected chi connectivity index (χ2v) is 8.91. The molecule has 1 amide bonds. The van der Waals surface area contributed by atoms with Crippen LogP contribution in [-0.4, -0.2) is 24.4 Å². The molecule has 0 radical (unpaired) electrons. The van der Waals surface area contributed by atoms with Crippen molar-refractivity contribution >= 4 is 49.5 Å². The SMILES string of the molecule is CC(C)(C)N(C(=O)OS(=O)(=O)c1c(F)cc(F)c(Br)c1F)c1ccsn1. The molecule has 0 aliphatic heterocycles. The Labute approximate surface area is 160 Å². The lowest BCUT2D eigenvalue weighted by Gasteiger charge is -2.32. The molecule has 0 bridgehead atoms. The van der Waals surface area contributed by atoms with Crippen LogP contribution in [0.25, 0.3) is 0 Å². The van der Waals surface area contributed by atoms with Crippen LogP contribution in [0.15, 0.2) is 26.9 Å². The zero-order valence-electron chi connectivity index (χ0n) is 13.6. The van der Waals surface area contributed by atoms with Crippen LogP contribution in [0.3, 0.4) is 0 Å². The molecule has 12 heteroatoms. The number of carbonyl (C=O) groups excluding carboxylic acids is 1. The van der Waals surface area contributed by atoms with E-state index < -0.39 is 48.6 Å². The van der Waals surface area contributed by atoms with E-state index in [1.807, 2.05) is 0 Å². The van der Waals surface area contributed by atoms with E-state index in [9.17, 15) is 26.4 Å². The average molecular weight is 473 g/mol. The van der Waals surface area contributed by atoms with Crippen molar-refractivity contribution in [2.24, 2.45) is 0 Å². The molecule has 0 spiro atoms. The molecule has 0 atom stereocenters. The van der Waals surface area contributed by atoms with Gasteiger partial charge in [0.05, 0.1) is 4.47 Å². The van der Waals surface area contributed by atoms with Gasteiger partial charge < -0.3 is 4.18 Å². The third kappa shape index (κ3) is 4.01. The Balaban J connectivity index is 2.47. The highest BCUT2D eigenvalue weighted by atomic mass is 79.9. The number of amides is 1. The molecule has 0 saturated heterocycles. The van der Waals surface area contributed by atoms with E-state index in [1.54, 1.807) is 26.2 Å². The van der Waals surface area contributed by atoms with Crippen LogP contribution < -0.4 is 4.90 Å². The van der Waals surface area contributed by atoms with E-state index in [0.29, 0.717) is 0 Å². The van der Waals surface area contributed by atoms with Crippen molar-refractivity contribution in [3.63, 3.8) is 0 Å². The molecular formula is C14H12BrF3N2O4S2. The van der Waals surface area contributed by atoms with Gasteiger partial charge in [-0.15, -0.1) is 0 Å². The number of rotatable bonds is 3. The first-order valence-electron chi connectivity index (χ1n) is 6.88. The molecule has 2 rings (SSSR count). The smallest absolute Gasteiger partial charge is 0.324 e. The fourth-order valence-corrected chi connectivity index (χ4v) is 3.89. The van der Waals surface area contributed by atoms with Crippen molar-refractivity contribution in [3.05, 3.63) is 39.4 Å². The lowest BCUT2D eigenvalue weighted by atomic mass is 10.1. The summed E-state index contributed by atoms with van der Waals surface area (Å²) in [5.74, 6) is -4.72. The van der Waals surface area contributed by atoms with Gasteiger partial charge in [0.1, 0.15) is 5.82 Å². The maximum Gasteiger partial charge on any atom is 0.431 e. The molecule has 1 heterocycles. The molecule has 0 fully saturated rings. The lowest BCUT2D eigenvalue weighted by Crippen LogP contribution is -2.47. The van der Waals surface area contributed by atoms with E-state index in [1.165, 1.54) is 6.07 Å². The van der Waals surface area contributed by atoms with Crippen LogP contribution in [0.5, 0.6) is 0 Å². The molecule has 0 N–H and O–H groups in total. The Kier molecular flexibility index (Phi) is 5.69. The predicted molar refractivity (Wildman–Crippen MR) is 92.0 cm³/mol. The molecule has 2 aromatic rings. The first kappa shape index (κ1) is 20.6. The summed E-state index contributed by atoms with van der Waals surface area (Å²) in [4.78, 5) is 11.7. The molecular weight excluding hydrogens is 461 g/mol. The monoisotopic (exact) mass is 472 g/mol. The molecule has 6 nitrogen and oxygen atoms in total. The molecule has 1 aromatic heterocycles. The number of anilines is 1. The first-order valence-corrected chi connectivity index (χ1v) is 9.92. The van der Waals surface area contributed by atoms with Crippen molar-refractivity contribution in [1.82, 2.24) is 4.37 Å². The highest BCUT2D eigenvalue weighted by molar-refractivity contribution is 9.10. The number of nitrogens with zero attached hydrogens (tertiary/aromatic N) is 2. The van der Waals surface area contributed by atoms with Crippen LogP contribution in [0.1, 0.15) is 20.8 Å². The Morgan fingerprint density at radius 2 is 1.88 bits per heavy atom. The summed E-state index contributed by atoms with van der Waals surface area (Å²) in [7, 11) is -5.22. The summed E-state index contributed by atoms with van der Waals surface area (Å²) in [6, 6.07) is 1.61. The number of benzene rings is 1. The van der Waals surface area contributed by atoms with Crippen LogP contribution in [-0.2, 0) is 14.3 Å². The van der Waals surface area contributed by atoms with Crippen LogP contribution in [0.4, 0.5) is 23.8 Å². The van der Waals surface area contributed by atoms with Gasteiger partial charge in [-0.25, -0.2) is 18.0 Å². The van der Waals surface area contributed by atoms with E-state index in [-0.39, 0.29) is 11.9 Å². The largest absolute Gasteiger partial charge is 0.431 e. The molecule has 0 aliphatic carbocycles. The summed E-state index contributed by atoms with van der Waals surface area (Å²) in [6.07, 6.45) is -1.41. The van der Waals surface area contributed by atoms with Crippen LogP contribution in [0, 0.1) is 17.5 Å². The minimum Gasteiger partial charge on any atom is -0.324 e. The molecule has 0 saturated carbocycles. The number of aromatic nitrogens is 1. The Morgan fingerprint density at radius 3 is 2.38 bits per heavy atom. The minimum atomic E-state index is -5.22. The molecule has 142 valence electrons. The standard InChI is InChI=1S/C14H12BrF3N2O4S2/c1-14(2,3)20(9-4-5-25-19-9)13(21)24-26(22,23)12-8(17)6-7(16)10(15)11(12)18/h4-6H,1-3H3. The van der Waals surface area contributed by atoms with Crippen molar-refractivity contribution in [2.45, 2.75) is 31.2 Å². The summed E-state index contributed by atoms with van der Waals surface area (Å²) >= 11 is 3.48. The Hall–Kier alpha value is -1.66. The maximum absolute atomic E-state index is 14.1. The molecule has 26 heavy (non-hydrogen) atoms. The van der Waals surface area contributed by atoms with E-state index in [0.717, 1.165) is 16.4 Å². The van der Waals surface area contributed by atoms with Crippen LogP contribution >= 0.6 is 27.5 Å². The van der Waals surface area contributed by atoms with Gasteiger partial charge in [0.2, 0.25) is 0 Å². The zero-order valence-corrected chi connectivity index (χ0v) is 16.8. The number of carbonyl (C=O) groups is 1. The van der Waals surface area contributed by atoms with E-state index >= 15 is 0 Å². The number of hydrogen-bond acceptors (Lipinski definition) is 6. The van der Waals surface area contributed by atoms with Gasteiger partial charge in [-0.05, 0) is 54.3 Å². The molecule has 0 aliphatic rings. The average Bonchev–Trinajstić information content (AvgIpc) is 2.95. The Bertz CT molecular complexity index is 944. The van der Waals surface area contributed by atoms with Crippen molar-refractivity contribution in [2.75, 3.05) is 4.90 Å². The second-order valence-electron chi connectivity index (χ2n) is 5.96. The van der Waals surface area contributed by atoms with Gasteiger partial charge in [0.15, 0.2) is 22.3 Å². The normalized spacial score (nSPS) is 12.1. The fourth-order valence-electron chi connectivity index (χ4n) is 1.98. The Morgan fingerprint density at radius 1 is 1.27 bits per heavy atom. The minimum absolute atomic E-state index is 0.101. The van der Waals surface area contributed by atoms with Crippen molar-refractivity contribution in [3.8, 4) is 0 Å². The lowest BCUT2D eigenvalue weighted by molar-refractivity contribution is 0.203. The van der Waals surface area contributed by atoms with Gasteiger partial charge >= 0.3 is 16.2 Å². The first-order chi connectivity index (χ1) is 11.9. The second kappa shape index (κ2) is 7.16. The van der Waals surface area contributed by atoms with E-state index in [2.05, 4.69) is 24.5 Å². The quantitative estimate of drug-likeness (QED) is 0.374. The zero-order chi connectivity index (χ0) is 19.9. The van der Waals surface area contributed by atoms with E-state index in [4.69, 9.17) is 0 Å².